The molecule has 0 aliphatic rings. The molecule has 0 bridgehead atoms. The molecule has 1 aromatic carbocycles. The first kappa shape index (κ1) is 9.20. The van der Waals surface area contributed by atoms with Crippen molar-refractivity contribution in [3.05, 3.63) is 46.6 Å². The Hall–Kier alpha value is -2.37. The van der Waals surface area contributed by atoms with Gasteiger partial charge in [-0.1, -0.05) is 0 Å². The molecule has 1 heterocycles. The van der Waals surface area contributed by atoms with Gasteiger partial charge in [0.05, 0.1) is 11.1 Å². The quantitative estimate of drug-likeness (QED) is 0.592. The average Bonchev–Trinajstić information content (AvgIpc) is 2.71. The highest BCUT2D eigenvalue weighted by Crippen LogP contribution is 2.18. The van der Waals surface area contributed by atoms with E-state index in [1.165, 1.54) is 12.1 Å². The maximum absolute atomic E-state index is 10.4. The van der Waals surface area contributed by atoms with Gasteiger partial charge in [-0.05, 0) is 12.1 Å². The molecule has 0 fully saturated rings. The number of benzene rings is 1. The maximum Gasteiger partial charge on any atom is 0.269 e. The number of aromatic amines is 1. The van der Waals surface area contributed by atoms with Gasteiger partial charge in [-0.2, -0.15) is 5.10 Å². The second-order valence-corrected chi connectivity index (χ2v) is 2.90. The van der Waals surface area contributed by atoms with Gasteiger partial charge in [0.1, 0.15) is 5.82 Å². The molecule has 0 saturated carbocycles. The SMILES string of the molecule is O=[N+]([O-])c1ccc(Nc2ccn[nH]2)cc1. The molecule has 0 saturated heterocycles. The van der Waals surface area contributed by atoms with Gasteiger partial charge in [0.15, 0.2) is 0 Å². The summed E-state index contributed by atoms with van der Waals surface area (Å²) in [4.78, 5) is 9.97. The monoisotopic (exact) mass is 204 g/mol. The topological polar surface area (TPSA) is 83.8 Å². The number of anilines is 2. The minimum absolute atomic E-state index is 0.0742. The predicted octanol–water partition coefficient (Wildman–Crippen LogP) is 2.06. The van der Waals surface area contributed by atoms with E-state index in [0.717, 1.165) is 11.5 Å². The van der Waals surface area contributed by atoms with Crippen molar-refractivity contribution in [2.75, 3.05) is 5.32 Å². The lowest BCUT2D eigenvalue weighted by Gasteiger charge is -2.01. The highest BCUT2D eigenvalue weighted by molar-refractivity contribution is 5.57. The molecule has 0 aliphatic carbocycles. The summed E-state index contributed by atoms with van der Waals surface area (Å²) in [6.07, 6.45) is 1.62. The van der Waals surface area contributed by atoms with Gasteiger partial charge < -0.3 is 5.32 Å². The van der Waals surface area contributed by atoms with Gasteiger partial charge in [0.25, 0.3) is 5.69 Å². The minimum atomic E-state index is -0.431. The molecule has 6 heteroatoms. The summed E-state index contributed by atoms with van der Waals surface area (Å²) in [7, 11) is 0. The van der Waals surface area contributed by atoms with Crippen molar-refractivity contribution in [2.24, 2.45) is 0 Å². The Bertz CT molecular complexity index is 449. The number of nitrogens with one attached hydrogen (secondary N) is 2. The summed E-state index contributed by atoms with van der Waals surface area (Å²) >= 11 is 0. The largest absolute Gasteiger partial charge is 0.341 e. The van der Waals surface area contributed by atoms with E-state index in [-0.39, 0.29) is 5.69 Å². The van der Waals surface area contributed by atoms with Gasteiger partial charge in [-0.25, -0.2) is 0 Å². The lowest BCUT2D eigenvalue weighted by Crippen LogP contribution is -1.91. The third kappa shape index (κ3) is 2.11. The Labute approximate surface area is 85.1 Å². The summed E-state index contributed by atoms with van der Waals surface area (Å²) in [5.74, 6) is 0.740. The number of nitrogens with zero attached hydrogens (tertiary/aromatic N) is 2. The van der Waals surface area contributed by atoms with E-state index in [0.29, 0.717) is 0 Å². The number of hydrogen-bond donors (Lipinski definition) is 2. The molecular formula is C9H8N4O2. The lowest BCUT2D eigenvalue weighted by molar-refractivity contribution is -0.384. The fourth-order valence-corrected chi connectivity index (χ4v) is 1.15. The van der Waals surface area contributed by atoms with E-state index in [9.17, 15) is 10.1 Å². The lowest BCUT2D eigenvalue weighted by atomic mass is 10.3. The molecule has 2 aromatic rings. The molecule has 15 heavy (non-hydrogen) atoms. The summed E-state index contributed by atoms with van der Waals surface area (Å²) in [6.45, 7) is 0. The van der Waals surface area contributed by atoms with E-state index in [4.69, 9.17) is 0 Å². The molecule has 0 atom stereocenters. The van der Waals surface area contributed by atoms with Gasteiger partial charge in [0.2, 0.25) is 0 Å². The molecule has 0 spiro atoms. The molecule has 1 aromatic heterocycles. The highest BCUT2D eigenvalue weighted by Gasteiger charge is 2.03. The van der Waals surface area contributed by atoms with E-state index < -0.39 is 4.92 Å². The molecule has 6 nitrogen and oxygen atoms in total. The minimum Gasteiger partial charge on any atom is -0.341 e. The van der Waals surface area contributed by atoms with E-state index in [2.05, 4.69) is 15.5 Å². The van der Waals surface area contributed by atoms with Gasteiger partial charge in [-0.3, -0.25) is 15.2 Å². The molecule has 0 aliphatic heterocycles. The number of H-pyrrole nitrogens is 1. The van der Waals surface area contributed by atoms with Crippen molar-refractivity contribution >= 4 is 17.2 Å². The number of nitro benzene ring substituents is 1. The van der Waals surface area contributed by atoms with Crippen LogP contribution < -0.4 is 5.32 Å². The smallest absolute Gasteiger partial charge is 0.269 e. The number of non-ortho nitro benzene ring substituents is 1. The Morgan fingerprint density at radius 3 is 2.53 bits per heavy atom. The zero-order valence-corrected chi connectivity index (χ0v) is 7.68. The number of nitro groups is 1. The van der Waals surface area contributed by atoms with Crippen LogP contribution in [0, 0.1) is 10.1 Å². The Morgan fingerprint density at radius 2 is 2.00 bits per heavy atom. The van der Waals surface area contributed by atoms with Gasteiger partial charge >= 0.3 is 0 Å². The summed E-state index contributed by atoms with van der Waals surface area (Å²) in [5, 5.41) is 19.9. The zero-order valence-electron chi connectivity index (χ0n) is 7.68. The van der Waals surface area contributed by atoms with E-state index >= 15 is 0 Å². The van der Waals surface area contributed by atoms with Crippen LogP contribution in [-0.4, -0.2) is 15.1 Å². The third-order valence-corrected chi connectivity index (χ3v) is 1.86. The third-order valence-electron chi connectivity index (χ3n) is 1.86. The van der Waals surface area contributed by atoms with Crippen LogP contribution in [0.5, 0.6) is 0 Å². The molecule has 0 radical (unpaired) electrons. The summed E-state index contributed by atoms with van der Waals surface area (Å²) in [6, 6.07) is 7.93. The molecule has 2 N–H and O–H groups in total. The number of aromatic nitrogens is 2. The van der Waals surface area contributed by atoms with Crippen molar-refractivity contribution < 1.29 is 4.92 Å². The van der Waals surface area contributed by atoms with Crippen molar-refractivity contribution in [3.63, 3.8) is 0 Å². The highest BCUT2D eigenvalue weighted by atomic mass is 16.6. The second kappa shape index (κ2) is 3.79. The fourth-order valence-electron chi connectivity index (χ4n) is 1.15. The average molecular weight is 204 g/mol. The van der Waals surface area contributed by atoms with Crippen LogP contribution in [0.2, 0.25) is 0 Å². The summed E-state index contributed by atoms with van der Waals surface area (Å²) in [5.41, 5.74) is 0.843. The normalized spacial score (nSPS) is 9.87. The Kier molecular flexibility index (Phi) is 2.32. The number of hydrogen-bond acceptors (Lipinski definition) is 4. The van der Waals surface area contributed by atoms with E-state index in [1.54, 1.807) is 24.4 Å². The molecule has 0 unspecified atom stereocenters. The Morgan fingerprint density at radius 1 is 1.27 bits per heavy atom. The first-order chi connectivity index (χ1) is 7.25. The van der Waals surface area contributed by atoms with Crippen LogP contribution in [0.3, 0.4) is 0 Å². The van der Waals surface area contributed by atoms with Crippen LogP contribution in [-0.2, 0) is 0 Å². The number of rotatable bonds is 3. The van der Waals surface area contributed by atoms with Crippen LogP contribution in [0.4, 0.5) is 17.2 Å². The van der Waals surface area contributed by atoms with Gasteiger partial charge in [0, 0.05) is 23.9 Å². The van der Waals surface area contributed by atoms with Gasteiger partial charge in [-0.15, -0.1) is 0 Å². The maximum atomic E-state index is 10.4. The van der Waals surface area contributed by atoms with Crippen LogP contribution in [0.15, 0.2) is 36.5 Å². The van der Waals surface area contributed by atoms with Crippen molar-refractivity contribution in [1.82, 2.24) is 10.2 Å². The van der Waals surface area contributed by atoms with Crippen LogP contribution in [0.25, 0.3) is 0 Å². The standard InChI is InChI=1S/C9H8N4O2/c14-13(15)8-3-1-7(2-4-8)11-9-5-6-10-12-9/h1-6H,(H2,10,11,12). The van der Waals surface area contributed by atoms with Crippen LogP contribution in [0.1, 0.15) is 0 Å². The summed E-state index contributed by atoms with van der Waals surface area (Å²) < 4.78 is 0. The molecule has 2 rings (SSSR count). The first-order valence-corrected chi connectivity index (χ1v) is 4.26. The second-order valence-electron chi connectivity index (χ2n) is 2.90. The zero-order chi connectivity index (χ0) is 10.7. The molecular weight excluding hydrogens is 196 g/mol. The Balaban J connectivity index is 2.14. The van der Waals surface area contributed by atoms with Crippen molar-refractivity contribution in [2.45, 2.75) is 0 Å². The predicted molar refractivity (Wildman–Crippen MR) is 55.0 cm³/mol. The first-order valence-electron chi connectivity index (χ1n) is 4.26. The van der Waals surface area contributed by atoms with Crippen LogP contribution >= 0.6 is 0 Å². The fraction of sp³-hybridized carbons (Fsp3) is 0. The van der Waals surface area contributed by atoms with Crippen molar-refractivity contribution in [1.29, 1.82) is 0 Å². The molecule has 0 amide bonds. The van der Waals surface area contributed by atoms with E-state index in [1.807, 2.05) is 0 Å². The van der Waals surface area contributed by atoms with Crippen molar-refractivity contribution in [3.8, 4) is 0 Å². The molecule has 76 valence electrons.